The van der Waals surface area contributed by atoms with Crippen LogP contribution in [0.25, 0.3) is 0 Å². The van der Waals surface area contributed by atoms with Crippen molar-refractivity contribution >= 4 is 5.91 Å². The van der Waals surface area contributed by atoms with Crippen molar-refractivity contribution in [3.8, 4) is 0 Å². The number of aromatic nitrogens is 3. The van der Waals surface area contributed by atoms with Crippen molar-refractivity contribution in [3.05, 3.63) is 47.5 Å². The molecule has 1 aliphatic rings. The maximum atomic E-state index is 13.8. The monoisotopic (exact) mass is 320 g/mol. The molecule has 1 aliphatic carbocycles. The number of fused-ring (bicyclic) bond motifs is 1. The van der Waals surface area contributed by atoms with E-state index in [1.165, 1.54) is 12.4 Å². The van der Waals surface area contributed by atoms with Gasteiger partial charge < -0.3 is 5.32 Å². The van der Waals surface area contributed by atoms with E-state index in [1.807, 2.05) is 0 Å². The van der Waals surface area contributed by atoms with Gasteiger partial charge in [0.15, 0.2) is 0 Å². The number of rotatable bonds is 5. The molecule has 1 heterocycles. The van der Waals surface area contributed by atoms with Crippen molar-refractivity contribution in [2.45, 2.75) is 44.7 Å². The van der Waals surface area contributed by atoms with E-state index in [0.29, 0.717) is 43.4 Å². The number of hydrogen-bond acceptors (Lipinski definition) is 3. The molecule has 0 radical (unpaired) electrons. The highest BCUT2D eigenvalue weighted by Gasteiger charge is 2.24. The first-order chi connectivity index (χ1) is 11.1. The number of nitrogens with one attached hydrogen (secondary N) is 1. The van der Waals surface area contributed by atoms with Gasteiger partial charge in [0, 0.05) is 19.0 Å². The van der Waals surface area contributed by atoms with Gasteiger partial charge in [-0.15, -0.1) is 0 Å². The molecule has 0 aliphatic heterocycles. The van der Waals surface area contributed by atoms with Crippen LogP contribution in [0.1, 0.15) is 42.9 Å². The lowest BCUT2D eigenvalue weighted by molar-refractivity contribution is -0.122. The average molecular weight is 320 g/mol. The second kappa shape index (κ2) is 6.85. The van der Waals surface area contributed by atoms with Crippen LogP contribution in [0.5, 0.6) is 0 Å². The Morgan fingerprint density at radius 2 is 2.26 bits per heavy atom. The van der Waals surface area contributed by atoms with Crippen LogP contribution in [0.3, 0.4) is 0 Å². The molecule has 23 heavy (non-hydrogen) atoms. The lowest BCUT2D eigenvalue weighted by atomic mass is 9.87. The summed E-state index contributed by atoms with van der Waals surface area (Å²) < 4.78 is 29.0. The van der Waals surface area contributed by atoms with Crippen molar-refractivity contribution in [1.29, 1.82) is 0 Å². The van der Waals surface area contributed by atoms with E-state index in [4.69, 9.17) is 0 Å². The predicted molar refractivity (Wildman–Crippen MR) is 79.4 cm³/mol. The first kappa shape index (κ1) is 15.6. The van der Waals surface area contributed by atoms with Crippen molar-refractivity contribution in [2.75, 3.05) is 0 Å². The molecule has 2 aromatic rings. The largest absolute Gasteiger partial charge is 0.349 e. The van der Waals surface area contributed by atoms with E-state index in [1.54, 1.807) is 11.0 Å². The smallest absolute Gasteiger partial charge is 0.220 e. The second-order valence-corrected chi connectivity index (χ2v) is 5.73. The zero-order valence-electron chi connectivity index (χ0n) is 12.6. The Morgan fingerprint density at radius 3 is 3.04 bits per heavy atom. The zero-order valence-corrected chi connectivity index (χ0v) is 12.6. The Bertz CT molecular complexity index is 688. The molecule has 0 saturated heterocycles. The normalized spacial score (nSPS) is 16.9. The van der Waals surface area contributed by atoms with Gasteiger partial charge in [-0.1, -0.05) is 0 Å². The van der Waals surface area contributed by atoms with Crippen molar-refractivity contribution < 1.29 is 13.6 Å². The highest BCUT2D eigenvalue weighted by atomic mass is 19.1. The third kappa shape index (κ3) is 3.72. The average Bonchev–Trinajstić information content (AvgIpc) is 3.01. The molecular weight excluding hydrogens is 302 g/mol. The molecule has 0 fully saturated rings. The van der Waals surface area contributed by atoms with E-state index in [2.05, 4.69) is 15.4 Å². The van der Waals surface area contributed by atoms with Crippen LogP contribution < -0.4 is 5.32 Å². The zero-order chi connectivity index (χ0) is 16.2. The Hall–Kier alpha value is -2.31. The maximum Gasteiger partial charge on any atom is 0.220 e. The molecule has 0 saturated carbocycles. The van der Waals surface area contributed by atoms with Gasteiger partial charge in [0.25, 0.3) is 0 Å². The minimum absolute atomic E-state index is 0.118. The second-order valence-electron chi connectivity index (χ2n) is 5.73. The minimum atomic E-state index is -0.603. The van der Waals surface area contributed by atoms with E-state index in [0.717, 1.165) is 12.5 Å². The van der Waals surface area contributed by atoms with Crippen molar-refractivity contribution in [3.63, 3.8) is 0 Å². The van der Waals surface area contributed by atoms with Gasteiger partial charge in [0.2, 0.25) is 5.91 Å². The number of halogens is 2. The van der Waals surface area contributed by atoms with Crippen LogP contribution in [-0.2, 0) is 17.8 Å². The van der Waals surface area contributed by atoms with E-state index in [-0.39, 0.29) is 11.9 Å². The fourth-order valence-corrected chi connectivity index (χ4v) is 3.00. The Kier molecular flexibility index (Phi) is 4.64. The van der Waals surface area contributed by atoms with Crippen LogP contribution in [0, 0.1) is 11.6 Å². The standard InChI is InChI=1S/C16H18F2N4O/c17-11-7-13-12(14(18)8-11)3-1-4-15(13)21-16(23)5-2-6-22-10-19-9-20-22/h7-10,15H,1-6H2,(H,21,23)/t15-/m0/s1. The van der Waals surface area contributed by atoms with Gasteiger partial charge in [-0.25, -0.2) is 13.8 Å². The number of nitrogens with zero attached hydrogens (tertiary/aromatic N) is 3. The summed E-state index contributed by atoms with van der Waals surface area (Å²) in [7, 11) is 0. The summed E-state index contributed by atoms with van der Waals surface area (Å²) in [6, 6.07) is 1.92. The Balaban J connectivity index is 1.59. The maximum absolute atomic E-state index is 13.8. The summed E-state index contributed by atoms with van der Waals surface area (Å²) >= 11 is 0. The summed E-state index contributed by atoms with van der Waals surface area (Å²) in [4.78, 5) is 15.9. The third-order valence-electron chi connectivity index (χ3n) is 4.08. The predicted octanol–water partition coefficient (Wildman–Crippen LogP) is 2.53. The van der Waals surface area contributed by atoms with Crippen LogP contribution in [-0.4, -0.2) is 20.7 Å². The highest BCUT2D eigenvalue weighted by molar-refractivity contribution is 5.76. The molecule has 7 heteroatoms. The van der Waals surface area contributed by atoms with Gasteiger partial charge >= 0.3 is 0 Å². The third-order valence-corrected chi connectivity index (χ3v) is 4.08. The summed E-state index contributed by atoms with van der Waals surface area (Å²) in [5.74, 6) is -1.24. The van der Waals surface area contributed by atoms with Crippen LogP contribution in [0.15, 0.2) is 24.8 Å². The van der Waals surface area contributed by atoms with Crippen molar-refractivity contribution in [2.24, 2.45) is 0 Å². The van der Waals surface area contributed by atoms with Crippen LogP contribution in [0.2, 0.25) is 0 Å². The molecular formula is C16H18F2N4O. The molecule has 1 atom stereocenters. The quantitative estimate of drug-likeness (QED) is 0.921. The summed E-state index contributed by atoms with van der Waals surface area (Å²) in [6.07, 6.45) is 6.07. The van der Waals surface area contributed by atoms with E-state index in [9.17, 15) is 13.6 Å². The number of benzene rings is 1. The number of carbonyl (C=O) groups is 1. The molecule has 0 bridgehead atoms. The molecule has 3 rings (SSSR count). The lowest BCUT2D eigenvalue weighted by Crippen LogP contribution is -2.31. The number of carbonyl (C=O) groups excluding carboxylic acids is 1. The van der Waals surface area contributed by atoms with Crippen molar-refractivity contribution in [1.82, 2.24) is 20.1 Å². The van der Waals surface area contributed by atoms with E-state index >= 15 is 0 Å². The first-order valence-corrected chi connectivity index (χ1v) is 7.73. The van der Waals surface area contributed by atoms with Crippen LogP contribution >= 0.6 is 0 Å². The summed E-state index contributed by atoms with van der Waals surface area (Å²) in [6.45, 7) is 0.609. The molecule has 0 spiro atoms. The fourth-order valence-electron chi connectivity index (χ4n) is 3.00. The van der Waals surface area contributed by atoms with Crippen LogP contribution in [0.4, 0.5) is 8.78 Å². The molecule has 1 amide bonds. The molecule has 1 aromatic carbocycles. The summed E-state index contributed by atoms with van der Waals surface area (Å²) in [5.41, 5.74) is 1.09. The number of amides is 1. The molecule has 122 valence electrons. The Labute approximate surface area is 132 Å². The molecule has 5 nitrogen and oxygen atoms in total. The molecule has 1 aromatic heterocycles. The van der Waals surface area contributed by atoms with Gasteiger partial charge in [0.1, 0.15) is 24.3 Å². The fraction of sp³-hybridized carbons (Fsp3) is 0.438. The summed E-state index contributed by atoms with van der Waals surface area (Å²) in [5, 5.41) is 6.86. The highest BCUT2D eigenvalue weighted by Crippen LogP contribution is 2.32. The minimum Gasteiger partial charge on any atom is -0.349 e. The molecule has 0 unspecified atom stereocenters. The SMILES string of the molecule is O=C(CCCn1cncn1)N[C@H]1CCCc2c(F)cc(F)cc21. The topological polar surface area (TPSA) is 59.8 Å². The van der Waals surface area contributed by atoms with Gasteiger partial charge in [-0.2, -0.15) is 5.10 Å². The Morgan fingerprint density at radius 1 is 1.39 bits per heavy atom. The first-order valence-electron chi connectivity index (χ1n) is 7.73. The lowest BCUT2D eigenvalue weighted by Gasteiger charge is -2.27. The molecule has 1 N–H and O–H groups in total. The van der Waals surface area contributed by atoms with Gasteiger partial charge in [-0.3, -0.25) is 9.48 Å². The number of hydrogen-bond donors (Lipinski definition) is 1. The van der Waals surface area contributed by atoms with E-state index < -0.39 is 11.6 Å². The number of aryl methyl sites for hydroxylation is 1. The van der Waals surface area contributed by atoms with Gasteiger partial charge in [0.05, 0.1) is 6.04 Å². The van der Waals surface area contributed by atoms with Gasteiger partial charge in [-0.05, 0) is 42.9 Å².